The van der Waals surface area contributed by atoms with E-state index in [2.05, 4.69) is 0 Å². The van der Waals surface area contributed by atoms with Crippen LogP contribution >= 0.6 is 0 Å². The van der Waals surface area contributed by atoms with Crippen molar-refractivity contribution in [1.29, 1.82) is 0 Å². The lowest BCUT2D eigenvalue weighted by Crippen LogP contribution is -2.49. The lowest BCUT2D eigenvalue weighted by atomic mass is 9.96. The summed E-state index contributed by atoms with van der Waals surface area (Å²) in [7, 11) is 0. The summed E-state index contributed by atoms with van der Waals surface area (Å²) in [6, 6.07) is 7.19. The second-order valence-corrected chi connectivity index (χ2v) is 6.01. The molecule has 2 heterocycles. The van der Waals surface area contributed by atoms with Gasteiger partial charge in [0.05, 0.1) is 32.3 Å². The number of ether oxygens (including phenoxy) is 2. The lowest BCUT2D eigenvalue weighted by molar-refractivity contribution is -0.139. The molecular formula is C17H21NO5. The zero-order valence-electron chi connectivity index (χ0n) is 12.9. The highest BCUT2D eigenvalue weighted by Crippen LogP contribution is 2.26. The molecule has 0 radical (unpaired) electrons. The SMILES string of the molecule is O=C(O)C[C@@H]1COCCN1C(=O)c1cccc([C@@H]2CCOC2)c1. The number of carbonyl (C=O) groups is 2. The third kappa shape index (κ3) is 3.71. The first-order chi connectivity index (χ1) is 11.1. The fraction of sp³-hybridized carbons (Fsp3) is 0.529. The molecule has 1 aromatic rings. The number of hydrogen-bond acceptors (Lipinski definition) is 4. The Balaban J connectivity index is 1.78. The number of rotatable bonds is 4. The third-order valence-corrected chi connectivity index (χ3v) is 4.43. The summed E-state index contributed by atoms with van der Waals surface area (Å²) in [6.45, 7) is 2.59. The van der Waals surface area contributed by atoms with E-state index in [9.17, 15) is 9.59 Å². The molecule has 0 aliphatic carbocycles. The van der Waals surface area contributed by atoms with Crippen molar-refractivity contribution in [2.24, 2.45) is 0 Å². The number of nitrogens with zero attached hydrogens (tertiary/aromatic N) is 1. The van der Waals surface area contributed by atoms with Crippen molar-refractivity contribution < 1.29 is 24.2 Å². The molecule has 6 heteroatoms. The first-order valence-electron chi connectivity index (χ1n) is 7.93. The molecule has 1 amide bonds. The zero-order chi connectivity index (χ0) is 16.2. The average molecular weight is 319 g/mol. The van der Waals surface area contributed by atoms with Gasteiger partial charge >= 0.3 is 5.97 Å². The number of aliphatic carboxylic acids is 1. The summed E-state index contributed by atoms with van der Waals surface area (Å²) in [5, 5.41) is 9.02. The van der Waals surface area contributed by atoms with Crippen LogP contribution in [-0.2, 0) is 14.3 Å². The van der Waals surface area contributed by atoms with Gasteiger partial charge in [-0.25, -0.2) is 0 Å². The molecule has 0 aromatic heterocycles. The zero-order valence-corrected chi connectivity index (χ0v) is 12.9. The maximum Gasteiger partial charge on any atom is 0.305 e. The van der Waals surface area contributed by atoms with Crippen molar-refractivity contribution >= 4 is 11.9 Å². The predicted octanol–water partition coefficient (Wildman–Crippen LogP) is 1.51. The number of carboxylic acid groups (broad SMARTS) is 1. The Kier molecular flexibility index (Phi) is 4.93. The molecule has 1 N–H and O–H groups in total. The molecule has 2 saturated heterocycles. The van der Waals surface area contributed by atoms with Crippen LogP contribution in [0, 0.1) is 0 Å². The number of hydrogen-bond donors (Lipinski definition) is 1. The summed E-state index contributed by atoms with van der Waals surface area (Å²) in [5.41, 5.74) is 1.71. The summed E-state index contributed by atoms with van der Waals surface area (Å²) < 4.78 is 10.7. The van der Waals surface area contributed by atoms with Crippen LogP contribution in [-0.4, -0.2) is 60.9 Å². The number of carbonyl (C=O) groups excluding carboxylic acids is 1. The molecule has 2 aliphatic heterocycles. The van der Waals surface area contributed by atoms with Gasteiger partial charge in [0, 0.05) is 24.6 Å². The van der Waals surface area contributed by atoms with Gasteiger partial charge in [-0.1, -0.05) is 12.1 Å². The van der Waals surface area contributed by atoms with Crippen molar-refractivity contribution in [1.82, 2.24) is 4.90 Å². The van der Waals surface area contributed by atoms with Crippen LogP contribution in [0.5, 0.6) is 0 Å². The van der Waals surface area contributed by atoms with Crippen molar-refractivity contribution in [3.63, 3.8) is 0 Å². The molecule has 1 aromatic carbocycles. The second kappa shape index (κ2) is 7.10. The molecule has 0 bridgehead atoms. The Morgan fingerprint density at radius 3 is 2.78 bits per heavy atom. The molecule has 2 fully saturated rings. The number of benzene rings is 1. The lowest BCUT2D eigenvalue weighted by Gasteiger charge is -2.35. The normalized spacial score (nSPS) is 24.6. The summed E-state index contributed by atoms with van der Waals surface area (Å²) in [4.78, 5) is 25.4. The fourth-order valence-corrected chi connectivity index (χ4v) is 3.18. The van der Waals surface area contributed by atoms with E-state index in [-0.39, 0.29) is 18.9 Å². The quantitative estimate of drug-likeness (QED) is 0.910. The molecule has 0 spiro atoms. The summed E-state index contributed by atoms with van der Waals surface area (Å²) in [5.74, 6) is -0.710. The van der Waals surface area contributed by atoms with Gasteiger partial charge in [0.2, 0.25) is 0 Å². The van der Waals surface area contributed by atoms with E-state index >= 15 is 0 Å². The minimum Gasteiger partial charge on any atom is -0.481 e. The number of morpholine rings is 1. The van der Waals surface area contributed by atoms with Crippen molar-refractivity contribution in [3.05, 3.63) is 35.4 Å². The van der Waals surface area contributed by atoms with Crippen LogP contribution < -0.4 is 0 Å². The van der Waals surface area contributed by atoms with Gasteiger partial charge in [0.1, 0.15) is 0 Å². The van der Waals surface area contributed by atoms with Gasteiger partial charge in [-0.05, 0) is 24.1 Å². The molecule has 124 valence electrons. The van der Waals surface area contributed by atoms with Crippen LogP contribution in [0.15, 0.2) is 24.3 Å². The van der Waals surface area contributed by atoms with E-state index in [1.54, 1.807) is 11.0 Å². The highest BCUT2D eigenvalue weighted by atomic mass is 16.5. The van der Waals surface area contributed by atoms with E-state index in [1.165, 1.54) is 0 Å². The van der Waals surface area contributed by atoms with Crippen LogP contribution in [0.2, 0.25) is 0 Å². The van der Waals surface area contributed by atoms with Gasteiger partial charge < -0.3 is 19.5 Å². The summed E-state index contributed by atoms with van der Waals surface area (Å²) in [6.07, 6.45) is 0.874. The van der Waals surface area contributed by atoms with Gasteiger partial charge in [-0.3, -0.25) is 9.59 Å². The van der Waals surface area contributed by atoms with Crippen molar-refractivity contribution in [3.8, 4) is 0 Å². The van der Waals surface area contributed by atoms with Crippen LogP contribution in [0.25, 0.3) is 0 Å². The third-order valence-electron chi connectivity index (χ3n) is 4.43. The van der Waals surface area contributed by atoms with E-state index in [4.69, 9.17) is 14.6 Å². The smallest absolute Gasteiger partial charge is 0.305 e. The highest BCUT2D eigenvalue weighted by Gasteiger charge is 2.30. The molecule has 2 atom stereocenters. The molecule has 0 saturated carbocycles. The predicted molar refractivity (Wildman–Crippen MR) is 82.5 cm³/mol. The Hall–Kier alpha value is -1.92. The van der Waals surface area contributed by atoms with E-state index in [0.29, 0.717) is 31.2 Å². The topological polar surface area (TPSA) is 76.1 Å². The molecule has 2 aliphatic rings. The Morgan fingerprint density at radius 2 is 2.04 bits per heavy atom. The van der Waals surface area contributed by atoms with Crippen LogP contribution in [0.1, 0.15) is 34.7 Å². The summed E-state index contributed by atoms with van der Waals surface area (Å²) >= 11 is 0. The first-order valence-corrected chi connectivity index (χ1v) is 7.93. The maximum atomic E-state index is 12.8. The van der Waals surface area contributed by atoms with E-state index < -0.39 is 12.0 Å². The fourth-order valence-electron chi connectivity index (χ4n) is 3.18. The molecule has 23 heavy (non-hydrogen) atoms. The van der Waals surface area contributed by atoms with E-state index in [1.807, 2.05) is 18.2 Å². The minimum atomic E-state index is -0.921. The number of carboxylic acids is 1. The minimum absolute atomic E-state index is 0.0953. The van der Waals surface area contributed by atoms with Crippen LogP contribution in [0.4, 0.5) is 0 Å². The highest BCUT2D eigenvalue weighted by molar-refractivity contribution is 5.95. The van der Waals surface area contributed by atoms with Crippen LogP contribution in [0.3, 0.4) is 0 Å². The Morgan fingerprint density at radius 1 is 1.22 bits per heavy atom. The standard InChI is InChI=1S/C17H21NO5/c19-16(20)9-15-11-23-7-5-18(15)17(21)13-3-1-2-12(8-13)14-4-6-22-10-14/h1-3,8,14-15H,4-7,9-11H2,(H,19,20)/t14-,15-/m1/s1. The van der Waals surface area contributed by atoms with Crippen molar-refractivity contribution in [2.45, 2.75) is 24.8 Å². The van der Waals surface area contributed by atoms with Crippen molar-refractivity contribution in [2.75, 3.05) is 33.0 Å². The van der Waals surface area contributed by atoms with Gasteiger partial charge in [-0.2, -0.15) is 0 Å². The first kappa shape index (κ1) is 16.0. The van der Waals surface area contributed by atoms with Gasteiger partial charge in [0.15, 0.2) is 0 Å². The Bertz CT molecular complexity index is 582. The largest absolute Gasteiger partial charge is 0.481 e. The number of amides is 1. The second-order valence-electron chi connectivity index (χ2n) is 6.01. The Labute approximate surface area is 135 Å². The monoisotopic (exact) mass is 319 g/mol. The van der Waals surface area contributed by atoms with Gasteiger partial charge in [-0.15, -0.1) is 0 Å². The molecule has 6 nitrogen and oxygen atoms in total. The van der Waals surface area contributed by atoms with E-state index in [0.717, 1.165) is 18.6 Å². The van der Waals surface area contributed by atoms with Gasteiger partial charge in [0.25, 0.3) is 5.91 Å². The molecule has 3 rings (SSSR count). The average Bonchev–Trinajstić information content (AvgIpc) is 3.09. The molecule has 0 unspecified atom stereocenters. The molecular weight excluding hydrogens is 298 g/mol. The maximum absolute atomic E-state index is 12.8.